The summed E-state index contributed by atoms with van der Waals surface area (Å²) in [7, 11) is 0. The summed E-state index contributed by atoms with van der Waals surface area (Å²) in [5.41, 5.74) is 1.72. The van der Waals surface area contributed by atoms with Crippen LogP contribution in [0.1, 0.15) is 105 Å². The van der Waals surface area contributed by atoms with E-state index in [0.717, 1.165) is 70.5 Å². The van der Waals surface area contributed by atoms with Crippen molar-refractivity contribution >= 4 is 45.9 Å². The summed E-state index contributed by atoms with van der Waals surface area (Å²) in [5, 5.41) is 13.6. The minimum atomic E-state index is -2.87. The number of imide groups is 1. The fraction of sp³-hybridized carbons (Fsp3) is 0.543. The highest BCUT2D eigenvalue weighted by atomic mass is 19.3. The normalized spacial score (nSPS) is 26.0. The van der Waals surface area contributed by atoms with Crippen LogP contribution in [0.3, 0.4) is 0 Å². The SMILES string of the molecule is CCn1c(=O)n(C2CCC(=O)NC2=O)c2cccc(C#CCO[C@H]3CCN(C[C@H]4CC[C@H](n5cc(NC(=O)c6cnn7ccc(N8C[C@H]9C[C@@H]8CO9)nc67)c(C(F)F)n5)CC4)C[C@@H]3C)c21. The third-order valence-electron chi connectivity index (χ3n) is 14.0. The second-order valence-corrected chi connectivity index (χ2v) is 18.2. The van der Waals surface area contributed by atoms with Crippen LogP contribution in [-0.2, 0) is 25.6 Å². The molecule has 10 rings (SSSR count). The molecule has 65 heavy (non-hydrogen) atoms. The molecule has 1 aromatic carbocycles. The Bertz CT molecular complexity index is 2760. The summed E-state index contributed by atoms with van der Waals surface area (Å²) in [6.45, 7) is 8.84. The predicted molar refractivity (Wildman–Crippen MR) is 235 cm³/mol. The Labute approximate surface area is 373 Å². The number of benzene rings is 1. The highest BCUT2D eigenvalue weighted by molar-refractivity contribution is 6.08. The van der Waals surface area contributed by atoms with Gasteiger partial charge in [0.15, 0.2) is 11.3 Å². The summed E-state index contributed by atoms with van der Waals surface area (Å²) in [6.07, 6.45) is 7.78. The number of hydrogen-bond acceptors (Lipinski definition) is 11. The molecule has 4 aromatic heterocycles. The molecule has 5 atom stereocenters. The molecule has 1 saturated carbocycles. The number of alkyl halides is 2. The number of fused-ring (bicyclic) bond motifs is 4. The van der Waals surface area contributed by atoms with Gasteiger partial charge in [-0.1, -0.05) is 24.8 Å². The molecule has 1 aliphatic carbocycles. The standard InChI is InChI=1S/C46H53F2N11O6/c1-3-55-41-29(6-4-8-35(41)59(46(55)63)36-13-14-39(60)52-45(36)62)7-5-19-64-37-15-17-54(22-27(37)2)23-28-9-11-30(12-10-28)58-25-34(40(53-58)42(47)48)50-44(61)33-21-49-57-18-16-38(51-43(33)57)56-24-32-20-31(56)26-65-32/h4,6,8,16,18,21,25,27-28,30-32,36-37,42H,3,9-15,17,19-20,22-24,26H2,1-2H3,(H,50,61)(H,52,60,62)/t27-,28-,30-,31+,32+,36?,37-/m0/s1. The van der Waals surface area contributed by atoms with Crippen LogP contribution in [0.25, 0.3) is 16.7 Å². The molecule has 342 valence electrons. The fourth-order valence-electron chi connectivity index (χ4n) is 10.7. The van der Waals surface area contributed by atoms with Gasteiger partial charge in [-0.3, -0.25) is 33.5 Å². The van der Waals surface area contributed by atoms with Crippen LogP contribution in [0, 0.1) is 23.7 Å². The van der Waals surface area contributed by atoms with Crippen LogP contribution >= 0.6 is 0 Å². The minimum Gasteiger partial charge on any atom is -0.374 e. The Balaban J connectivity index is 0.715. The lowest BCUT2D eigenvalue weighted by atomic mass is 9.85. The number of aryl methyl sites for hydroxylation is 1. The number of piperidine rings is 2. The summed E-state index contributed by atoms with van der Waals surface area (Å²) >= 11 is 0. The lowest BCUT2D eigenvalue weighted by molar-refractivity contribution is -0.135. The number of para-hydroxylation sites is 1. The van der Waals surface area contributed by atoms with Gasteiger partial charge in [-0.2, -0.15) is 10.2 Å². The van der Waals surface area contributed by atoms with Gasteiger partial charge >= 0.3 is 5.69 Å². The van der Waals surface area contributed by atoms with Gasteiger partial charge in [-0.25, -0.2) is 23.1 Å². The number of likely N-dealkylation sites (tertiary alicyclic amines) is 1. The van der Waals surface area contributed by atoms with Gasteiger partial charge < -0.3 is 24.6 Å². The maximum atomic E-state index is 14.3. The van der Waals surface area contributed by atoms with Crippen LogP contribution < -0.4 is 21.2 Å². The van der Waals surface area contributed by atoms with E-state index in [2.05, 4.69) is 49.4 Å². The molecule has 2 bridgehead atoms. The van der Waals surface area contributed by atoms with E-state index in [9.17, 15) is 28.0 Å². The van der Waals surface area contributed by atoms with Crippen molar-refractivity contribution in [3.63, 3.8) is 0 Å². The summed E-state index contributed by atoms with van der Waals surface area (Å²) < 4.78 is 46.9. The number of nitrogens with zero attached hydrogens (tertiary/aromatic N) is 9. The van der Waals surface area contributed by atoms with Crippen molar-refractivity contribution in [1.29, 1.82) is 0 Å². The van der Waals surface area contributed by atoms with Crippen LogP contribution in [0.5, 0.6) is 0 Å². The molecular formula is C46H53F2N11O6. The Morgan fingerprint density at radius 3 is 2.66 bits per heavy atom. The molecular weight excluding hydrogens is 841 g/mol. The first-order valence-electron chi connectivity index (χ1n) is 22.8. The number of ether oxygens (including phenoxy) is 2. The highest BCUT2D eigenvalue weighted by Crippen LogP contribution is 2.37. The zero-order valence-electron chi connectivity index (χ0n) is 36.5. The van der Waals surface area contributed by atoms with E-state index in [4.69, 9.17) is 14.5 Å². The highest BCUT2D eigenvalue weighted by Gasteiger charge is 2.40. The average Bonchev–Trinajstić information content (AvgIpc) is 4.15. The van der Waals surface area contributed by atoms with Crippen molar-refractivity contribution in [3.8, 4) is 11.8 Å². The van der Waals surface area contributed by atoms with Crippen molar-refractivity contribution in [2.75, 3.05) is 49.6 Å². The molecule has 1 unspecified atom stereocenters. The molecule has 17 nitrogen and oxygen atoms in total. The lowest BCUT2D eigenvalue weighted by Gasteiger charge is -2.39. The molecule has 0 radical (unpaired) electrons. The molecule has 19 heteroatoms. The Hall–Kier alpha value is -5.97. The van der Waals surface area contributed by atoms with Gasteiger partial charge in [0.1, 0.15) is 24.0 Å². The number of nitrogens with one attached hydrogen (secondary N) is 2. The zero-order chi connectivity index (χ0) is 44.9. The average molecular weight is 894 g/mol. The molecule has 8 heterocycles. The van der Waals surface area contributed by atoms with E-state index in [1.165, 1.54) is 21.5 Å². The molecule has 0 spiro atoms. The molecule has 2 N–H and O–H groups in total. The topological polar surface area (TPSA) is 175 Å². The number of rotatable bonds is 11. The quantitative estimate of drug-likeness (QED) is 0.139. The van der Waals surface area contributed by atoms with Crippen molar-refractivity contribution in [3.05, 3.63) is 70.2 Å². The van der Waals surface area contributed by atoms with Crippen LogP contribution in [-0.4, -0.2) is 114 Å². The molecule has 4 aliphatic heterocycles. The second kappa shape index (κ2) is 17.8. The predicted octanol–water partition coefficient (Wildman–Crippen LogP) is 4.72. The Morgan fingerprint density at radius 1 is 1.08 bits per heavy atom. The van der Waals surface area contributed by atoms with Crippen molar-refractivity contribution in [2.24, 2.45) is 11.8 Å². The van der Waals surface area contributed by atoms with E-state index < -0.39 is 30.0 Å². The van der Waals surface area contributed by atoms with E-state index in [-0.39, 0.29) is 72.5 Å². The fourth-order valence-corrected chi connectivity index (χ4v) is 10.7. The maximum absolute atomic E-state index is 14.3. The number of imidazole rings is 1. The second-order valence-electron chi connectivity index (χ2n) is 18.2. The van der Waals surface area contributed by atoms with Crippen molar-refractivity contribution < 1.29 is 32.6 Å². The molecule has 5 fully saturated rings. The number of morpholine rings is 1. The first-order valence-corrected chi connectivity index (χ1v) is 22.8. The molecule has 4 saturated heterocycles. The van der Waals surface area contributed by atoms with Crippen molar-refractivity contribution in [1.82, 2.24) is 43.7 Å². The number of carbonyl (C=O) groups is 3. The molecule has 5 aliphatic rings. The lowest BCUT2D eigenvalue weighted by Crippen LogP contribution is -2.45. The maximum Gasteiger partial charge on any atom is 0.329 e. The van der Waals surface area contributed by atoms with Gasteiger partial charge in [-0.15, -0.1) is 0 Å². The van der Waals surface area contributed by atoms with Gasteiger partial charge in [0, 0.05) is 51.5 Å². The van der Waals surface area contributed by atoms with Gasteiger partial charge in [0.05, 0.1) is 59.4 Å². The molecule has 5 aromatic rings. The largest absolute Gasteiger partial charge is 0.374 e. The van der Waals surface area contributed by atoms with Crippen molar-refractivity contribution in [2.45, 2.75) is 109 Å². The van der Waals surface area contributed by atoms with Crippen LogP contribution in [0.15, 0.2) is 47.7 Å². The molecule has 3 amide bonds. The first-order chi connectivity index (χ1) is 31.5. The smallest absolute Gasteiger partial charge is 0.329 e. The van der Waals surface area contributed by atoms with E-state index in [1.807, 2.05) is 31.2 Å². The van der Waals surface area contributed by atoms with E-state index in [0.29, 0.717) is 41.3 Å². The van der Waals surface area contributed by atoms with Crippen LogP contribution in [0.2, 0.25) is 0 Å². The number of amides is 3. The van der Waals surface area contributed by atoms with Gasteiger partial charge in [0.25, 0.3) is 12.3 Å². The summed E-state index contributed by atoms with van der Waals surface area (Å²) in [4.78, 5) is 61.0. The zero-order valence-corrected chi connectivity index (χ0v) is 36.5. The number of aromatic nitrogens is 7. The Morgan fingerprint density at radius 2 is 1.92 bits per heavy atom. The van der Waals surface area contributed by atoms with E-state index >= 15 is 0 Å². The number of carbonyl (C=O) groups excluding carboxylic acids is 3. The van der Waals surface area contributed by atoms with Gasteiger partial charge in [-0.05, 0) is 81.9 Å². The van der Waals surface area contributed by atoms with E-state index in [1.54, 1.807) is 15.4 Å². The third kappa shape index (κ3) is 8.31. The number of halogens is 2. The minimum absolute atomic E-state index is 0.0109. The summed E-state index contributed by atoms with van der Waals surface area (Å²) in [6, 6.07) is 6.78. The Kier molecular flexibility index (Phi) is 11.7. The van der Waals surface area contributed by atoms with Crippen LogP contribution in [0.4, 0.5) is 20.3 Å². The summed E-state index contributed by atoms with van der Waals surface area (Å²) in [5.74, 6) is 6.49. The third-order valence-corrected chi connectivity index (χ3v) is 14.0. The van der Waals surface area contributed by atoms with Gasteiger partial charge in [0.2, 0.25) is 11.8 Å². The number of anilines is 2. The number of hydrogen-bond donors (Lipinski definition) is 2. The first kappa shape index (κ1) is 43.0. The monoisotopic (exact) mass is 893 g/mol.